The third-order valence-electron chi connectivity index (χ3n) is 11.1. The van der Waals surface area contributed by atoms with Crippen molar-refractivity contribution in [2.24, 2.45) is 0 Å². The summed E-state index contributed by atoms with van der Waals surface area (Å²) in [5, 5.41) is 10.1. The summed E-state index contributed by atoms with van der Waals surface area (Å²) in [5.74, 6) is 0. The normalized spacial score (nSPS) is 11.8. The molecule has 1 nitrogen and oxygen atoms in total. The van der Waals surface area contributed by atoms with Crippen molar-refractivity contribution in [1.29, 1.82) is 0 Å². The van der Waals surface area contributed by atoms with E-state index in [4.69, 9.17) is 0 Å². The third-order valence-corrected chi connectivity index (χ3v) is 11.1. The molecule has 0 bridgehead atoms. The number of nitrogens with zero attached hydrogens (tertiary/aromatic N) is 1. The molecule has 10 aromatic rings. The molecule has 0 fully saturated rings. The van der Waals surface area contributed by atoms with Crippen LogP contribution < -0.4 is 4.90 Å². The maximum atomic E-state index is 2.40. The van der Waals surface area contributed by atoms with Crippen LogP contribution in [-0.4, -0.2) is 0 Å². The first kappa shape index (κ1) is 29.7. The molecule has 53 heavy (non-hydrogen) atoms. The molecule has 10 aromatic carbocycles. The zero-order chi connectivity index (χ0) is 34.9. The van der Waals surface area contributed by atoms with E-state index < -0.39 is 0 Å². The number of hydrogen-bond donors (Lipinski definition) is 0. The molecule has 11 rings (SSSR count). The lowest BCUT2D eigenvalue weighted by Gasteiger charge is -2.28. The Morgan fingerprint density at radius 1 is 0.226 bits per heavy atom. The van der Waals surface area contributed by atoms with E-state index >= 15 is 0 Å². The molecule has 0 aromatic heterocycles. The van der Waals surface area contributed by atoms with Gasteiger partial charge in [-0.15, -0.1) is 0 Å². The van der Waals surface area contributed by atoms with Gasteiger partial charge < -0.3 is 4.90 Å². The minimum atomic E-state index is 1.12. The molecule has 1 aliphatic rings. The largest absolute Gasteiger partial charge is 0.310 e. The van der Waals surface area contributed by atoms with Gasteiger partial charge in [-0.25, -0.2) is 0 Å². The Kier molecular flexibility index (Phi) is 6.62. The van der Waals surface area contributed by atoms with Crippen molar-refractivity contribution < 1.29 is 0 Å². The monoisotopic (exact) mass is 671 g/mol. The maximum Gasteiger partial charge on any atom is 0.0468 e. The van der Waals surface area contributed by atoms with Gasteiger partial charge in [-0.2, -0.15) is 0 Å². The topological polar surface area (TPSA) is 3.24 Å². The van der Waals surface area contributed by atoms with Crippen molar-refractivity contribution >= 4 is 60.2 Å². The summed E-state index contributed by atoms with van der Waals surface area (Å²) in [4.78, 5) is 2.40. The average molecular weight is 672 g/mol. The molecule has 0 heterocycles. The third kappa shape index (κ3) is 4.93. The summed E-state index contributed by atoms with van der Waals surface area (Å²) >= 11 is 0. The molecule has 1 heteroatoms. The summed E-state index contributed by atoms with van der Waals surface area (Å²) in [7, 11) is 0. The molecule has 0 amide bonds. The van der Waals surface area contributed by atoms with Gasteiger partial charge in [-0.1, -0.05) is 133 Å². The Morgan fingerprint density at radius 3 is 1.36 bits per heavy atom. The van der Waals surface area contributed by atoms with Crippen molar-refractivity contribution in [2.45, 2.75) is 0 Å². The van der Waals surface area contributed by atoms with Crippen LogP contribution in [-0.2, 0) is 0 Å². The van der Waals surface area contributed by atoms with Crippen LogP contribution in [0.15, 0.2) is 200 Å². The van der Waals surface area contributed by atoms with E-state index in [9.17, 15) is 0 Å². The van der Waals surface area contributed by atoms with Crippen molar-refractivity contribution in [3.63, 3.8) is 0 Å². The highest BCUT2D eigenvalue weighted by Crippen LogP contribution is 2.51. The van der Waals surface area contributed by atoms with E-state index in [1.807, 2.05) is 0 Å². The first-order valence-electron chi connectivity index (χ1n) is 18.3. The number of benzene rings is 10. The molecule has 0 radical (unpaired) electrons. The fraction of sp³-hybridized carbons (Fsp3) is 0. The van der Waals surface area contributed by atoms with Gasteiger partial charge in [0.2, 0.25) is 0 Å². The summed E-state index contributed by atoms with van der Waals surface area (Å²) in [6, 6.07) is 73.5. The van der Waals surface area contributed by atoms with E-state index in [0.29, 0.717) is 0 Å². The lowest BCUT2D eigenvalue weighted by molar-refractivity contribution is 1.29. The van der Waals surface area contributed by atoms with Crippen LogP contribution in [0, 0.1) is 0 Å². The minimum Gasteiger partial charge on any atom is -0.310 e. The zero-order valence-electron chi connectivity index (χ0n) is 29.0. The molecular weight excluding hydrogens is 639 g/mol. The average Bonchev–Trinajstić information content (AvgIpc) is 3.23. The Bertz CT molecular complexity index is 3030. The van der Waals surface area contributed by atoms with E-state index in [-0.39, 0.29) is 0 Å². The molecule has 246 valence electrons. The van der Waals surface area contributed by atoms with Gasteiger partial charge in [0, 0.05) is 17.1 Å². The summed E-state index contributed by atoms with van der Waals surface area (Å²) in [6.07, 6.45) is 0. The van der Waals surface area contributed by atoms with E-state index in [1.54, 1.807) is 0 Å². The lowest BCUT2D eigenvalue weighted by Crippen LogP contribution is -2.10. The lowest BCUT2D eigenvalue weighted by atomic mass is 9.77. The van der Waals surface area contributed by atoms with Gasteiger partial charge in [-0.3, -0.25) is 0 Å². The van der Waals surface area contributed by atoms with Gasteiger partial charge in [-0.05, 0) is 154 Å². The number of hydrogen-bond acceptors (Lipinski definition) is 1. The first-order valence-corrected chi connectivity index (χ1v) is 18.3. The van der Waals surface area contributed by atoms with E-state index in [1.165, 1.54) is 87.6 Å². The van der Waals surface area contributed by atoms with Crippen LogP contribution in [0.1, 0.15) is 0 Å². The number of rotatable bonds is 5. The second-order valence-corrected chi connectivity index (χ2v) is 14.2. The van der Waals surface area contributed by atoms with Crippen LogP contribution in [0.2, 0.25) is 0 Å². The first-order chi connectivity index (χ1) is 26.2. The van der Waals surface area contributed by atoms with Gasteiger partial charge in [0.15, 0.2) is 0 Å². The standard InChI is InChI=1S/C52H33N/c1-3-9-34(10-4-1)36-19-22-44(23-20-36)53(46-25-26-48-41(28-46)18-15-37-13-7-8-14-47(37)48)45-24-21-40-31-50-49-30-39-17-16-38(35-11-5-2-6-12-35)27-42(39)32-51(49)52(50)33-43(40)29-45/h1-33H. The molecule has 0 spiro atoms. The molecule has 0 atom stereocenters. The van der Waals surface area contributed by atoms with Gasteiger partial charge >= 0.3 is 0 Å². The SMILES string of the molecule is c1ccc(-c2ccc(N(c3ccc4cc5c(cc4c3)-c3cc4cc(-c6ccccc6)ccc4cc3-5)c3ccc4c(ccc5ccccc54)c3)cc2)cc1. The van der Waals surface area contributed by atoms with E-state index in [2.05, 4.69) is 205 Å². The van der Waals surface area contributed by atoms with Crippen LogP contribution in [0.25, 0.3) is 87.6 Å². The summed E-state index contributed by atoms with van der Waals surface area (Å²) in [6.45, 7) is 0. The second-order valence-electron chi connectivity index (χ2n) is 14.2. The van der Waals surface area contributed by atoms with Crippen molar-refractivity contribution in [2.75, 3.05) is 4.90 Å². The summed E-state index contributed by atoms with van der Waals surface area (Å²) < 4.78 is 0. The van der Waals surface area contributed by atoms with Crippen molar-refractivity contribution in [3.8, 4) is 44.5 Å². The van der Waals surface area contributed by atoms with Crippen LogP contribution in [0.4, 0.5) is 17.1 Å². The van der Waals surface area contributed by atoms with Gasteiger partial charge in [0.25, 0.3) is 0 Å². The fourth-order valence-electron chi connectivity index (χ4n) is 8.38. The van der Waals surface area contributed by atoms with Crippen LogP contribution >= 0.6 is 0 Å². The Balaban J connectivity index is 1.03. The molecule has 0 saturated heterocycles. The molecule has 0 unspecified atom stereocenters. The van der Waals surface area contributed by atoms with E-state index in [0.717, 1.165) is 17.1 Å². The minimum absolute atomic E-state index is 1.12. The fourth-order valence-corrected chi connectivity index (χ4v) is 8.38. The zero-order valence-corrected chi connectivity index (χ0v) is 29.0. The Labute approximate surface area is 308 Å². The molecule has 1 aliphatic carbocycles. The van der Waals surface area contributed by atoms with Gasteiger partial charge in [0.05, 0.1) is 0 Å². The predicted octanol–water partition coefficient (Wildman–Crippen LogP) is 14.8. The Hall–Kier alpha value is -6.96. The second kappa shape index (κ2) is 11.8. The highest BCUT2D eigenvalue weighted by molar-refractivity contribution is 6.13. The highest BCUT2D eigenvalue weighted by Gasteiger charge is 2.24. The quantitative estimate of drug-likeness (QED) is 0.165. The molecule has 0 N–H and O–H groups in total. The molecule has 0 saturated carbocycles. The number of fused-ring (bicyclic) bond motifs is 9. The highest BCUT2D eigenvalue weighted by atomic mass is 15.1. The molecular formula is C52H33N. The number of anilines is 3. The van der Waals surface area contributed by atoms with Crippen LogP contribution in [0.3, 0.4) is 0 Å². The van der Waals surface area contributed by atoms with Gasteiger partial charge in [0.1, 0.15) is 0 Å². The maximum absolute atomic E-state index is 2.40. The smallest absolute Gasteiger partial charge is 0.0468 e. The van der Waals surface area contributed by atoms with Crippen molar-refractivity contribution in [3.05, 3.63) is 200 Å². The van der Waals surface area contributed by atoms with Crippen LogP contribution in [0.5, 0.6) is 0 Å². The Morgan fingerprint density at radius 2 is 0.660 bits per heavy atom. The predicted molar refractivity (Wildman–Crippen MR) is 226 cm³/mol. The van der Waals surface area contributed by atoms with Crippen molar-refractivity contribution in [1.82, 2.24) is 0 Å². The summed E-state index contributed by atoms with van der Waals surface area (Å²) in [5.41, 5.74) is 13.7. The molecule has 0 aliphatic heterocycles.